The molecular weight excluding hydrogens is 367 g/mol. The van der Waals surface area contributed by atoms with Crippen LogP contribution in [0.3, 0.4) is 0 Å². The molecule has 0 unspecified atom stereocenters. The second kappa shape index (κ2) is 6.21. The van der Waals surface area contributed by atoms with Crippen LogP contribution in [0.15, 0.2) is 71.6 Å². The molecular formula is C20H15FN2O3S. The molecule has 136 valence electrons. The van der Waals surface area contributed by atoms with Crippen LogP contribution < -0.4 is 4.72 Å². The average Bonchev–Trinajstić information content (AvgIpc) is 2.94. The second-order valence-electron chi connectivity index (χ2n) is 6.20. The number of benzene rings is 3. The summed E-state index contributed by atoms with van der Waals surface area (Å²) in [7, 11) is -2.15. The maximum Gasteiger partial charge on any atom is 0.265 e. The molecule has 1 heterocycles. The smallest absolute Gasteiger partial charge is 0.265 e. The number of carbonyl (C=O) groups excluding carboxylic acids is 1. The van der Waals surface area contributed by atoms with Crippen LogP contribution in [0.2, 0.25) is 0 Å². The molecule has 0 aliphatic heterocycles. The third-order valence-corrected chi connectivity index (χ3v) is 5.87. The van der Waals surface area contributed by atoms with Crippen LogP contribution in [0.25, 0.3) is 21.8 Å². The lowest BCUT2D eigenvalue weighted by Crippen LogP contribution is -2.30. The SMILES string of the molecule is Cn1c2ccccc2c2cc(C(=O)NS(=O)(=O)c3ccc(F)cc3)ccc21. The number of nitrogens with one attached hydrogen (secondary N) is 1. The Labute approximate surface area is 155 Å². The molecule has 4 rings (SSSR count). The minimum Gasteiger partial charge on any atom is -0.344 e. The van der Waals surface area contributed by atoms with Crippen molar-refractivity contribution < 1.29 is 17.6 Å². The number of para-hydroxylation sites is 1. The van der Waals surface area contributed by atoms with Gasteiger partial charge < -0.3 is 4.57 Å². The van der Waals surface area contributed by atoms with Crippen molar-refractivity contribution in [2.45, 2.75) is 4.90 Å². The zero-order valence-corrected chi connectivity index (χ0v) is 15.1. The number of aryl methyl sites for hydroxylation is 1. The molecule has 4 aromatic rings. The van der Waals surface area contributed by atoms with E-state index < -0.39 is 21.7 Å². The molecule has 0 aliphatic carbocycles. The van der Waals surface area contributed by atoms with E-state index in [1.807, 2.05) is 40.6 Å². The van der Waals surface area contributed by atoms with E-state index in [4.69, 9.17) is 0 Å². The maximum atomic E-state index is 13.0. The fraction of sp³-hybridized carbons (Fsp3) is 0.0500. The quantitative estimate of drug-likeness (QED) is 0.589. The Kier molecular flexibility index (Phi) is 3.96. The number of rotatable bonds is 3. The van der Waals surface area contributed by atoms with Crippen LogP contribution in [-0.2, 0) is 17.1 Å². The molecule has 0 saturated heterocycles. The Morgan fingerprint density at radius 3 is 2.33 bits per heavy atom. The summed E-state index contributed by atoms with van der Waals surface area (Å²) in [4.78, 5) is 12.3. The Morgan fingerprint density at radius 2 is 1.59 bits per heavy atom. The van der Waals surface area contributed by atoms with Crippen molar-refractivity contribution in [1.82, 2.24) is 9.29 Å². The number of sulfonamides is 1. The summed E-state index contributed by atoms with van der Waals surface area (Å²) in [5.41, 5.74) is 2.18. The second-order valence-corrected chi connectivity index (χ2v) is 7.88. The first-order valence-corrected chi connectivity index (χ1v) is 9.65. The number of halogens is 1. The minimum absolute atomic E-state index is 0.177. The molecule has 0 spiro atoms. The maximum absolute atomic E-state index is 13.0. The lowest BCUT2D eigenvalue weighted by molar-refractivity contribution is 0.0981. The van der Waals surface area contributed by atoms with E-state index in [1.54, 1.807) is 18.2 Å². The van der Waals surface area contributed by atoms with Crippen LogP contribution in [-0.4, -0.2) is 18.9 Å². The van der Waals surface area contributed by atoms with E-state index in [-0.39, 0.29) is 10.5 Å². The lowest BCUT2D eigenvalue weighted by Gasteiger charge is -2.07. The van der Waals surface area contributed by atoms with E-state index in [0.29, 0.717) is 0 Å². The average molecular weight is 382 g/mol. The van der Waals surface area contributed by atoms with Gasteiger partial charge in [-0.1, -0.05) is 18.2 Å². The van der Waals surface area contributed by atoms with E-state index in [1.165, 1.54) is 0 Å². The van der Waals surface area contributed by atoms with Gasteiger partial charge >= 0.3 is 0 Å². The van der Waals surface area contributed by atoms with Crippen LogP contribution in [0, 0.1) is 5.82 Å². The zero-order chi connectivity index (χ0) is 19.2. The van der Waals surface area contributed by atoms with E-state index >= 15 is 0 Å². The number of amides is 1. The number of fused-ring (bicyclic) bond motifs is 3. The molecule has 1 amide bonds. The summed E-state index contributed by atoms with van der Waals surface area (Å²) in [5, 5.41) is 1.84. The highest BCUT2D eigenvalue weighted by Crippen LogP contribution is 2.28. The summed E-state index contributed by atoms with van der Waals surface area (Å²) >= 11 is 0. The minimum atomic E-state index is -4.09. The van der Waals surface area contributed by atoms with E-state index in [0.717, 1.165) is 46.1 Å². The first kappa shape index (κ1) is 17.2. The monoisotopic (exact) mass is 382 g/mol. The summed E-state index contributed by atoms with van der Waals surface area (Å²) < 4.78 is 41.7. The molecule has 27 heavy (non-hydrogen) atoms. The number of hydrogen-bond acceptors (Lipinski definition) is 3. The van der Waals surface area contributed by atoms with E-state index in [9.17, 15) is 17.6 Å². The van der Waals surface area contributed by atoms with Crippen molar-refractivity contribution in [2.75, 3.05) is 0 Å². The van der Waals surface area contributed by atoms with Gasteiger partial charge in [-0.15, -0.1) is 0 Å². The van der Waals surface area contributed by atoms with Crippen LogP contribution in [0.1, 0.15) is 10.4 Å². The molecule has 1 aromatic heterocycles. The van der Waals surface area contributed by atoms with Crippen molar-refractivity contribution >= 4 is 37.7 Å². The Bertz CT molecular complexity index is 1290. The van der Waals surface area contributed by atoms with Crippen molar-refractivity contribution in [3.8, 4) is 0 Å². The molecule has 0 fully saturated rings. The summed E-state index contributed by atoms with van der Waals surface area (Å²) in [6, 6.07) is 17.1. The van der Waals surface area contributed by atoms with Crippen molar-refractivity contribution in [3.63, 3.8) is 0 Å². The number of hydrogen-bond donors (Lipinski definition) is 1. The molecule has 0 saturated carbocycles. The number of carbonyl (C=O) groups is 1. The summed E-state index contributed by atoms with van der Waals surface area (Å²) in [5.74, 6) is -1.30. The number of aromatic nitrogens is 1. The molecule has 0 radical (unpaired) electrons. The van der Waals surface area contributed by atoms with Crippen molar-refractivity contribution in [2.24, 2.45) is 7.05 Å². The predicted octanol–water partition coefficient (Wildman–Crippen LogP) is 3.59. The Morgan fingerprint density at radius 1 is 0.926 bits per heavy atom. The van der Waals surface area contributed by atoms with Gasteiger partial charge in [0.25, 0.3) is 15.9 Å². The Hall–Kier alpha value is -3.19. The molecule has 5 nitrogen and oxygen atoms in total. The van der Waals surface area contributed by atoms with Gasteiger partial charge in [-0.2, -0.15) is 0 Å². The molecule has 0 bridgehead atoms. The van der Waals surface area contributed by atoms with Gasteiger partial charge in [0, 0.05) is 34.4 Å². The van der Waals surface area contributed by atoms with Gasteiger partial charge in [-0.3, -0.25) is 4.79 Å². The number of nitrogens with zero attached hydrogens (tertiary/aromatic N) is 1. The highest BCUT2D eigenvalue weighted by molar-refractivity contribution is 7.90. The zero-order valence-electron chi connectivity index (χ0n) is 14.3. The van der Waals surface area contributed by atoms with Gasteiger partial charge in [0.2, 0.25) is 0 Å². The molecule has 1 N–H and O–H groups in total. The first-order chi connectivity index (χ1) is 12.9. The molecule has 7 heteroatoms. The van der Waals surface area contributed by atoms with Crippen LogP contribution in [0.4, 0.5) is 4.39 Å². The van der Waals surface area contributed by atoms with E-state index in [2.05, 4.69) is 0 Å². The highest BCUT2D eigenvalue weighted by Gasteiger charge is 2.19. The van der Waals surface area contributed by atoms with Gasteiger partial charge in [-0.05, 0) is 48.5 Å². The fourth-order valence-corrected chi connectivity index (χ4v) is 4.14. The first-order valence-electron chi connectivity index (χ1n) is 8.17. The van der Waals surface area contributed by atoms with Crippen LogP contribution in [0.5, 0.6) is 0 Å². The van der Waals surface area contributed by atoms with Gasteiger partial charge in [0.15, 0.2) is 0 Å². The summed E-state index contributed by atoms with van der Waals surface area (Å²) in [6.07, 6.45) is 0. The predicted molar refractivity (Wildman–Crippen MR) is 101 cm³/mol. The summed E-state index contributed by atoms with van der Waals surface area (Å²) in [6.45, 7) is 0. The molecule has 0 aliphatic rings. The largest absolute Gasteiger partial charge is 0.344 e. The highest BCUT2D eigenvalue weighted by atomic mass is 32.2. The normalized spacial score (nSPS) is 11.8. The van der Waals surface area contributed by atoms with Crippen molar-refractivity contribution in [3.05, 3.63) is 78.1 Å². The van der Waals surface area contributed by atoms with Gasteiger partial charge in [0.05, 0.1) is 4.90 Å². The Balaban J connectivity index is 1.72. The van der Waals surface area contributed by atoms with Gasteiger partial charge in [-0.25, -0.2) is 17.5 Å². The fourth-order valence-electron chi connectivity index (χ4n) is 3.16. The third kappa shape index (κ3) is 2.96. The van der Waals surface area contributed by atoms with Crippen molar-refractivity contribution in [1.29, 1.82) is 0 Å². The van der Waals surface area contributed by atoms with Crippen LogP contribution >= 0.6 is 0 Å². The van der Waals surface area contributed by atoms with Gasteiger partial charge in [0.1, 0.15) is 5.82 Å². The lowest BCUT2D eigenvalue weighted by atomic mass is 10.1. The topological polar surface area (TPSA) is 68.2 Å². The third-order valence-electron chi connectivity index (χ3n) is 4.53. The standard InChI is InChI=1S/C20H15FN2O3S/c1-23-18-5-3-2-4-16(18)17-12-13(6-11-19(17)23)20(24)22-27(25,26)15-9-7-14(21)8-10-15/h2-12H,1H3,(H,22,24). The molecule has 3 aromatic carbocycles. The molecule has 0 atom stereocenters.